The molecule has 1 aromatic rings. The topological polar surface area (TPSA) is 38.3 Å². The minimum absolute atomic E-state index is 0.131. The molecular weight excluding hydrogens is 209 g/mol. The number of hydrogen-bond donors (Lipinski definition) is 1. The number of rotatable bonds is 2. The van der Waals surface area contributed by atoms with Gasteiger partial charge in [-0.05, 0) is 11.6 Å². The summed E-state index contributed by atoms with van der Waals surface area (Å²) in [4.78, 5) is 11.5. The average Bonchev–Trinajstić information content (AvgIpc) is 2.77. The molecule has 2 atom stereocenters. The molecule has 2 rings (SSSR count). The van der Waals surface area contributed by atoms with Crippen LogP contribution in [0.3, 0.4) is 0 Å². The zero-order valence-electron chi connectivity index (χ0n) is 9.07. The molecule has 0 unspecified atom stereocenters. The Kier molecular flexibility index (Phi) is 3.19. The Morgan fingerprint density at radius 3 is 2.88 bits per heavy atom. The molecule has 0 radical (unpaired) electrons. The molecule has 0 aromatic heterocycles. The first-order valence-corrected chi connectivity index (χ1v) is 5.27. The van der Waals surface area contributed by atoms with E-state index in [0.717, 1.165) is 0 Å². The van der Waals surface area contributed by atoms with E-state index in [0.29, 0.717) is 18.7 Å². The lowest BCUT2D eigenvalue weighted by Gasteiger charge is -2.17. The summed E-state index contributed by atoms with van der Waals surface area (Å²) in [5, 5.41) is 3.10. The maximum Gasteiger partial charge on any atom is 0.310 e. The molecule has 0 saturated carbocycles. The predicted molar refractivity (Wildman–Crippen MR) is 57.5 cm³/mol. The average molecular weight is 223 g/mol. The van der Waals surface area contributed by atoms with Gasteiger partial charge < -0.3 is 10.1 Å². The predicted octanol–water partition coefficient (Wildman–Crippen LogP) is 1.30. The molecule has 1 aromatic carbocycles. The van der Waals surface area contributed by atoms with Crippen LogP contribution in [0.25, 0.3) is 0 Å². The first kappa shape index (κ1) is 11.1. The molecule has 1 aliphatic heterocycles. The van der Waals surface area contributed by atoms with Crippen LogP contribution in [0, 0.1) is 11.7 Å². The van der Waals surface area contributed by atoms with Crippen LogP contribution in [0.15, 0.2) is 24.3 Å². The van der Waals surface area contributed by atoms with Crippen molar-refractivity contribution in [3.63, 3.8) is 0 Å². The molecule has 0 bridgehead atoms. The maximum atomic E-state index is 13.6. The largest absolute Gasteiger partial charge is 0.469 e. The van der Waals surface area contributed by atoms with Crippen LogP contribution in [0.5, 0.6) is 0 Å². The summed E-state index contributed by atoms with van der Waals surface area (Å²) in [6.07, 6.45) is 0. The van der Waals surface area contributed by atoms with E-state index in [1.54, 1.807) is 18.2 Å². The Labute approximate surface area is 93.6 Å². The standard InChI is InChI=1S/C12H14FNO2/c1-16-12(15)10-7-14-6-9(10)8-4-2-3-5-11(8)13/h2-5,9-10,14H,6-7H2,1H3/t9-,10+/m0/s1. The van der Waals surface area contributed by atoms with E-state index >= 15 is 0 Å². The van der Waals surface area contributed by atoms with Gasteiger partial charge in [0.25, 0.3) is 0 Å². The number of ether oxygens (including phenoxy) is 1. The quantitative estimate of drug-likeness (QED) is 0.768. The Hall–Kier alpha value is -1.42. The maximum absolute atomic E-state index is 13.6. The molecule has 3 nitrogen and oxygen atoms in total. The lowest BCUT2D eigenvalue weighted by molar-refractivity contribution is -0.145. The SMILES string of the molecule is COC(=O)[C@@H]1CNC[C@H]1c1ccccc1F. The third-order valence-electron chi connectivity index (χ3n) is 3.02. The highest BCUT2D eigenvalue weighted by atomic mass is 19.1. The van der Waals surface area contributed by atoms with Crippen molar-refractivity contribution < 1.29 is 13.9 Å². The second kappa shape index (κ2) is 4.61. The van der Waals surface area contributed by atoms with Gasteiger partial charge in [0, 0.05) is 19.0 Å². The van der Waals surface area contributed by atoms with Gasteiger partial charge in [-0.2, -0.15) is 0 Å². The first-order valence-electron chi connectivity index (χ1n) is 5.27. The van der Waals surface area contributed by atoms with Crippen molar-refractivity contribution in [3.05, 3.63) is 35.6 Å². The number of carbonyl (C=O) groups excluding carboxylic acids is 1. The van der Waals surface area contributed by atoms with Crippen molar-refractivity contribution in [3.8, 4) is 0 Å². The van der Waals surface area contributed by atoms with Gasteiger partial charge in [0.15, 0.2) is 0 Å². The normalized spacial score (nSPS) is 24.4. The number of nitrogens with one attached hydrogen (secondary N) is 1. The molecular formula is C12H14FNO2. The first-order chi connectivity index (χ1) is 7.74. The van der Waals surface area contributed by atoms with Crippen molar-refractivity contribution >= 4 is 5.97 Å². The van der Waals surface area contributed by atoms with Gasteiger partial charge in [-0.25, -0.2) is 4.39 Å². The van der Waals surface area contributed by atoms with E-state index in [1.807, 2.05) is 0 Å². The molecule has 1 aliphatic rings. The van der Waals surface area contributed by atoms with Crippen molar-refractivity contribution in [1.29, 1.82) is 0 Å². The minimum Gasteiger partial charge on any atom is -0.469 e. The highest BCUT2D eigenvalue weighted by Gasteiger charge is 2.35. The van der Waals surface area contributed by atoms with Gasteiger partial charge in [0.05, 0.1) is 13.0 Å². The fourth-order valence-corrected chi connectivity index (χ4v) is 2.18. The molecule has 0 spiro atoms. The van der Waals surface area contributed by atoms with Gasteiger partial charge >= 0.3 is 5.97 Å². The lowest BCUT2D eigenvalue weighted by atomic mass is 9.89. The van der Waals surface area contributed by atoms with Crippen molar-refractivity contribution in [2.75, 3.05) is 20.2 Å². The lowest BCUT2D eigenvalue weighted by Crippen LogP contribution is -2.23. The molecule has 4 heteroatoms. The van der Waals surface area contributed by atoms with Crippen LogP contribution in [0.2, 0.25) is 0 Å². The van der Waals surface area contributed by atoms with Gasteiger partial charge in [-0.1, -0.05) is 18.2 Å². The molecule has 16 heavy (non-hydrogen) atoms. The summed E-state index contributed by atoms with van der Waals surface area (Å²) in [6, 6.07) is 6.57. The zero-order valence-corrected chi connectivity index (χ0v) is 9.07. The van der Waals surface area contributed by atoms with E-state index < -0.39 is 0 Å². The number of carbonyl (C=O) groups is 1. The van der Waals surface area contributed by atoms with Gasteiger partial charge in [0.2, 0.25) is 0 Å². The molecule has 1 heterocycles. The van der Waals surface area contributed by atoms with Crippen LogP contribution >= 0.6 is 0 Å². The van der Waals surface area contributed by atoms with Crippen LogP contribution in [-0.2, 0) is 9.53 Å². The van der Waals surface area contributed by atoms with Crippen LogP contribution < -0.4 is 5.32 Å². The molecule has 86 valence electrons. The number of benzene rings is 1. The Morgan fingerprint density at radius 1 is 1.44 bits per heavy atom. The van der Waals surface area contributed by atoms with E-state index in [-0.39, 0.29) is 23.6 Å². The van der Waals surface area contributed by atoms with E-state index in [1.165, 1.54) is 13.2 Å². The number of hydrogen-bond acceptors (Lipinski definition) is 3. The fourth-order valence-electron chi connectivity index (χ4n) is 2.18. The molecule has 1 N–H and O–H groups in total. The van der Waals surface area contributed by atoms with Crippen LogP contribution in [0.4, 0.5) is 4.39 Å². The summed E-state index contributed by atoms with van der Waals surface area (Å²) in [5.41, 5.74) is 0.586. The summed E-state index contributed by atoms with van der Waals surface area (Å²) in [7, 11) is 1.36. The van der Waals surface area contributed by atoms with Gasteiger partial charge in [0.1, 0.15) is 5.82 Å². The third kappa shape index (κ3) is 1.93. The second-order valence-electron chi connectivity index (χ2n) is 3.92. The van der Waals surface area contributed by atoms with Gasteiger partial charge in [-0.15, -0.1) is 0 Å². The van der Waals surface area contributed by atoms with Gasteiger partial charge in [-0.3, -0.25) is 4.79 Å². The number of halogens is 1. The molecule has 1 fully saturated rings. The van der Waals surface area contributed by atoms with Crippen LogP contribution in [0.1, 0.15) is 11.5 Å². The summed E-state index contributed by atoms with van der Waals surface area (Å²) in [6.45, 7) is 1.16. The summed E-state index contributed by atoms with van der Waals surface area (Å²) < 4.78 is 18.3. The minimum atomic E-state index is -0.290. The highest BCUT2D eigenvalue weighted by Crippen LogP contribution is 2.30. The Morgan fingerprint density at radius 2 is 2.19 bits per heavy atom. The molecule has 0 aliphatic carbocycles. The second-order valence-corrected chi connectivity index (χ2v) is 3.92. The fraction of sp³-hybridized carbons (Fsp3) is 0.417. The van der Waals surface area contributed by atoms with E-state index in [2.05, 4.69) is 5.32 Å². The molecule has 0 amide bonds. The Balaban J connectivity index is 2.27. The Bertz CT molecular complexity index is 394. The third-order valence-corrected chi connectivity index (χ3v) is 3.02. The highest BCUT2D eigenvalue weighted by molar-refractivity contribution is 5.74. The molecule has 1 saturated heterocycles. The van der Waals surface area contributed by atoms with Crippen LogP contribution in [-0.4, -0.2) is 26.2 Å². The zero-order chi connectivity index (χ0) is 11.5. The van der Waals surface area contributed by atoms with Crippen molar-refractivity contribution in [1.82, 2.24) is 5.32 Å². The summed E-state index contributed by atoms with van der Waals surface area (Å²) >= 11 is 0. The number of esters is 1. The van der Waals surface area contributed by atoms with Crippen molar-refractivity contribution in [2.24, 2.45) is 5.92 Å². The monoisotopic (exact) mass is 223 g/mol. The van der Waals surface area contributed by atoms with E-state index in [9.17, 15) is 9.18 Å². The van der Waals surface area contributed by atoms with E-state index in [4.69, 9.17) is 4.74 Å². The smallest absolute Gasteiger partial charge is 0.310 e. The summed E-state index contributed by atoms with van der Waals surface area (Å²) in [5.74, 6) is -0.959. The van der Waals surface area contributed by atoms with Crippen molar-refractivity contribution in [2.45, 2.75) is 5.92 Å². The number of methoxy groups -OCH3 is 1.